The first-order chi connectivity index (χ1) is 17.0. The zero-order valence-electron chi connectivity index (χ0n) is 21.2. The third kappa shape index (κ3) is 5.23. The fraction of sp³-hybridized carbons (Fsp3) is 0.258. The van der Waals surface area contributed by atoms with Gasteiger partial charge >= 0.3 is 0 Å². The molecule has 180 valence electrons. The third-order valence-corrected chi connectivity index (χ3v) is 7.49. The number of nitrogens with zero attached hydrogens (tertiary/aromatic N) is 1. The van der Waals surface area contributed by atoms with Crippen LogP contribution in [0.3, 0.4) is 0 Å². The zero-order valence-corrected chi connectivity index (χ0v) is 22.0. The molecule has 0 aliphatic rings. The first-order valence-corrected chi connectivity index (χ1v) is 13.1. The Kier molecular flexibility index (Phi) is 7.82. The van der Waals surface area contributed by atoms with Gasteiger partial charge in [-0.3, -0.25) is 4.79 Å². The van der Waals surface area contributed by atoms with E-state index in [-0.39, 0.29) is 5.43 Å². The lowest BCUT2D eigenvalue weighted by Gasteiger charge is -2.16. The van der Waals surface area contributed by atoms with E-state index in [1.165, 1.54) is 16.7 Å². The number of ether oxygens (including phenoxy) is 1. The number of pyridine rings is 1. The van der Waals surface area contributed by atoms with Crippen LogP contribution < -0.4 is 10.2 Å². The van der Waals surface area contributed by atoms with Crippen LogP contribution in [0.1, 0.15) is 37.5 Å². The molecule has 4 aromatic rings. The van der Waals surface area contributed by atoms with E-state index >= 15 is 0 Å². The quantitative estimate of drug-likeness (QED) is 0.259. The molecule has 0 unspecified atom stereocenters. The summed E-state index contributed by atoms with van der Waals surface area (Å²) in [5, 5.41) is 0. The second kappa shape index (κ2) is 11.0. The fourth-order valence-electron chi connectivity index (χ4n) is 4.45. The van der Waals surface area contributed by atoms with Crippen LogP contribution in [-0.2, 0) is 26.3 Å². The largest absolute Gasteiger partial charge is 0.495 e. The lowest BCUT2D eigenvalue weighted by atomic mass is 9.94. The van der Waals surface area contributed by atoms with E-state index in [2.05, 4.69) is 63.2 Å². The highest BCUT2D eigenvalue weighted by Gasteiger charge is 2.18. The van der Waals surface area contributed by atoms with E-state index in [9.17, 15) is 4.79 Å². The average Bonchev–Trinajstić information content (AvgIpc) is 2.89. The van der Waals surface area contributed by atoms with E-state index < -0.39 is 0 Å². The van der Waals surface area contributed by atoms with Crippen molar-refractivity contribution in [1.29, 1.82) is 0 Å². The van der Waals surface area contributed by atoms with Crippen LogP contribution in [0.5, 0.6) is 5.75 Å². The number of aromatic nitrogens is 1. The standard InChI is InChI=1S/C31H33NO2S/c1-6-21-12-15-24(16-13-21)35-29-11-9-10-26(31(29)34-5)28-20-32(4)19-27(30(28)33)25-17-14-22(7-2)18-23(25)8-3/h9-20H,6-8H2,1-5H3. The first kappa shape index (κ1) is 24.9. The monoisotopic (exact) mass is 483 g/mol. The van der Waals surface area contributed by atoms with Crippen molar-refractivity contribution in [3.05, 3.63) is 100.0 Å². The highest BCUT2D eigenvalue weighted by Crippen LogP contribution is 2.41. The minimum absolute atomic E-state index is 0.0230. The Bertz CT molecular complexity index is 1390. The lowest BCUT2D eigenvalue weighted by Crippen LogP contribution is -2.13. The maximum Gasteiger partial charge on any atom is 0.197 e. The Morgan fingerprint density at radius 2 is 1.43 bits per heavy atom. The maximum atomic E-state index is 13.9. The SMILES string of the molecule is CCc1ccc(Sc2cccc(-c3cn(C)cc(-c4ccc(CC)cc4CC)c3=O)c2OC)cc1. The number of methoxy groups -OCH3 is 1. The molecule has 3 aromatic carbocycles. The number of aryl methyl sites for hydroxylation is 4. The molecule has 1 heterocycles. The van der Waals surface area contributed by atoms with E-state index in [4.69, 9.17) is 4.74 Å². The van der Waals surface area contributed by atoms with Gasteiger partial charge in [-0.05, 0) is 59.7 Å². The summed E-state index contributed by atoms with van der Waals surface area (Å²) in [7, 11) is 3.65. The Morgan fingerprint density at radius 3 is 2.06 bits per heavy atom. The second-order valence-corrected chi connectivity index (χ2v) is 9.83. The van der Waals surface area contributed by atoms with Gasteiger partial charge < -0.3 is 9.30 Å². The molecular weight excluding hydrogens is 450 g/mol. The van der Waals surface area contributed by atoms with E-state index in [1.807, 2.05) is 42.2 Å². The molecule has 0 atom stereocenters. The van der Waals surface area contributed by atoms with Crippen LogP contribution in [0, 0.1) is 0 Å². The summed E-state index contributed by atoms with van der Waals surface area (Å²) < 4.78 is 7.87. The van der Waals surface area contributed by atoms with Crippen LogP contribution in [0.25, 0.3) is 22.3 Å². The number of para-hydroxylation sites is 1. The van der Waals surface area contributed by atoms with E-state index in [1.54, 1.807) is 18.9 Å². The summed E-state index contributed by atoms with van der Waals surface area (Å²) in [5.41, 5.74) is 7.01. The number of hydrogen-bond donors (Lipinski definition) is 0. The van der Waals surface area contributed by atoms with Crippen molar-refractivity contribution in [2.45, 2.75) is 49.8 Å². The first-order valence-electron chi connectivity index (χ1n) is 12.3. The number of rotatable bonds is 8. The molecule has 4 heteroatoms. The molecule has 0 aliphatic carbocycles. The Labute approximate surface area is 212 Å². The van der Waals surface area contributed by atoms with E-state index in [0.29, 0.717) is 5.56 Å². The van der Waals surface area contributed by atoms with Gasteiger partial charge in [0.05, 0.1) is 12.0 Å². The molecule has 35 heavy (non-hydrogen) atoms. The zero-order chi connectivity index (χ0) is 24.9. The van der Waals surface area contributed by atoms with Crippen molar-refractivity contribution in [2.75, 3.05) is 7.11 Å². The fourth-order valence-corrected chi connectivity index (χ4v) is 5.41. The van der Waals surface area contributed by atoms with Crippen LogP contribution in [0.4, 0.5) is 0 Å². The van der Waals surface area contributed by atoms with Gasteiger partial charge in [0.2, 0.25) is 0 Å². The van der Waals surface area contributed by atoms with Gasteiger partial charge in [0.15, 0.2) is 5.43 Å². The maximum absolute atomic E-state index is 13.9. The Morgan fingerprint density at radius 1 is 0.771 bits per heavy atom. The molecule has 0 saturated heterocycles. The number of benzene rings is 3. The number of hydrogen-bond acceptors (Lipinski definition) is 3. The van der Waals surface area contributed by atoms with Crippen molar-refractivity contribution < 1.29 is 4.74 Å². The molecule has 0 aliphatic heterocycles. The summed E-state index contributed by atoms with van der Waals surface area (Å²) in [6, 6.07) is 21.1. The molecule has 0 spiro atoms. The van der Waals surface area contributed by atoms with E-state index in [0.717, 1.165) is 51.5 Å². The average molecular weight is 484 g/mol. The second-order valence-electron chi connectivity index (χ2n) is 8.72. The van der Waals surface area contributed by atoms with Gasteiger partial charge in [0.25, 0.3) is 0 Å². The van der Waals surface area contributed by atoms with Gasteiger partial charge in [-0.2, -0.15) is 0 Å². The molecule has 4 rings (SSSR count). The summed E-state index contributed by atoms with van der Waals surface area (Å²) in [4.78, 5) is 16.0. The highest BCUT2D eigenvalue weighted by molar-refractivity contribution is 7.99. The van der Waals surface area contributed by atoms with Crippen molar-refractivity contribution in [1.82, 2.24) is 4.57 Å². The molecular formula is C31H33NO2S. The van der Waals surface area contributed by atoms with Crippen molar-refractivity contribution >= 4 is 11.8 Å². The van der Waals surface area contributed by atoms with Gasteiger partial charge in [0.1, 0.15) is 5.75 Å². The molecule has 0 fully saturated rings. The smallest absolute Gasteiger partial charge is 0.197 e. The molecule has 0 N–H and O–H groups in total. The molecule has 0 saturated carbocycles. The molecule has 3 nitrogen and oxygen atoms in total. The van der Waals surface area contributed by atoms with Crippen molar-refractivity contribution in [3.63, 3.8) is 0 Å². The summed E-state index contributed by atoms with van der Waals surface area (Å²) in [6.07, 6.45) is 6.72. The van der Waals surface area contributed by atoms with Crippen LogP contribution in [0.2, 0.25) is 0 Å². The predicted octanol–water partition coefficient (Wildman–Crippen LogP) is 7.57. The molecule has 1 aromatic heterocycles. The molecule has 0 bridgehead atoms. The summed E-state index contributed by atoms with van der Waals surface area (Å²) >= 11 is 1.65. The topological polar surface area (TPSA) is 31.2 Å². The van der Waals surface area contributed by atoms with Gasteiger partial charge in [-0.1, -0.05) is 75.0 Å². The van der Waals surface area contributed by atoms with Crippen LogP contribution >= 0.6 is 11.8 Å². The highest BCUT2D eigenvalue weighted by atomic mass is 32.2. The van der Waals surface area contributed by atoms with Gasteiger partial charge in [-0.25, -0.2) is 0 Å². The summed E-state index contributed by atoms with van der Waals surface area (Å²) in [5.74, 6) is 0.725. The minimum Gasteiger partial charge on any atom is -0.495 e. The summed E-state index contributed by atoms with van der Waals surface area (Å²) in [6.45, 7) is 6.46. The Balaban J connectivity index is 1.83. The van der Waals surface area contributed by atoms with Crippen LogP contribution in [0.15, 0.2) is 87.6 Å². The molecule has 0 amide bonds. The van der Waals surface area contributed by atoms with Crippen LogP contribution in [-0.4, -0.2) is 11.7 Å². The molecule has 0 radical (unpaired) electrons. The lowest BCUT2D eigenvalue weighted by molar-refractivity contribution is 0.406. The normalized spacial score (nSPS) is 11.0. The third-order valence-electron chi connectivity index (χ3n) is 6.44. The predicted molar refractivity (Wildman–Crippen MR) is 148 cm³/mol. The van der Waals surface area contributed by atoms with Gasteiger partial charge in [0, 0.05) is 41.0 Å². The van der Waals surface area contributed by atoms with Gasteiger partial charge in [-0.15, -0.1) is 0 Å². The van der Waals surface area contributed by atoms with Crippen molar-refractivity contribution in [2.24, 2.45) is 7.05 Å². The minimum atomic E-state index is 0.0230. The Hall–Kier alpha value is -3.24. The van der Waals surface area contributed by atoms with Crippen molar-refractivity contribution in [3.8, 4) is 28.0 Å².